The van der Waals surface area contributed by atoms with E-state index in [1.165, 1.54) is 103 Å². The molecule has 1 nitrogen and oxygen atoms in total. The summed E-state index contributed by atoms with van der Waals surface area (Å²) in [5, 5.41) is 3.63. The highest BCUT2D eigenvalue weighted by molar-refractivity contribution is 8.93. The molecule has 0 atom stereocenters. The zero-order valence-electron chi connectivity index (χ0n) is 18.5. The quantitative estimate of drug-likeness (QED) is 0.130. The number of nitrogens with one attached hydrogen (secondary N) is 1. The molecule has 0 radical (unpaired) electrons. The van der Waals surface area contributed by atoms with E-state index in [1.807, 2.05) is 12.2 Å². The molecule has 162 valence electrons. The van der Waals surface area contributed by atoms with Gasteiger partial charge in [0, 0.05) is 6.04 Å². The second kappa shape index (κ2) is 25.9. The van der Waals surface area contributed by atoms with E-state index in [9.17, 15) is 0 Å². The van der Waals surface area contributed by atoms with Gasteiger partial charge in [-0.05, 0) is 25.8 Å². The first-order valence-corrected chi connectivity index (χ1v) is 11.8. The van der Waals surface area contributed by atoms with Crippen LogP contribution in [0.2, 0.25) is 0 Å². The number of rotatable bonds is 22. The van der Waals surface area contributed by atoms with Gasteiger partial charge in [0.15, 0.2) is 0 Å². The molecule has 0 aromatic rings. The molecule has 0 spiro atoms. The number of unbranched alkanes of at least 4 members (excludes halogenated alkanes) is 15. The van der Waals surface area contributed by atoms with Crippen LogP contribution in [-0.4, -0.2) is 12.6 Å². The number of halogens is 1. The highest BCUT2D eigenvalue weighted by Crippen LogP contribution is 2.13. The first-order valence-electron chi connectivity index (χ1n) is 11.8. The molecule has 0 rings (SSSR count). The molecule has 0 aromatic heterocycles. The molecule has 1 N–H and O–H groups in total. The minimum Gasteiger partial charge on any atom is -0.313 e. The smallest absolute Gasteiger partial charge is 0.0136 e. The van der Waals surface area contributed by atoms with Crippen molar-refractivity contribution in [2.75, 3.05) is 6.54 Å². The Labute approximate surface area is 182 Å². The third kappa shape index (κ3) is 23.9. The first-order chi connectivity index (χ1) is 12.8. The second-order valence-electron chi connectivity index (χ2n) is 8.00. The molecule has 0 bridgehead atoms. The van der Waals surface area contributed by atoms with E-state index < -0.39 is 0 Å². The third-order valence-corrected chi connectivity index (χ3v) is 5.37. The van der Waals surface area contributed by atoms with Gasteiger partial charge in [-0.3, -0.25) is 0 Å². The van der Waals surface area contributed by atoms with Crippen LogP contribution >= 0.6 is 17.0 Å². The van der Waals surface area contributed by atoms with Crippen LogP contribution in [0.25, 0.3) is 0 Å². The highest BCUT2D eigenvalue weighted by Gasteiger charge is 2.02. The van der Waals surface area contributed by atoms with Crippen LogP contribution in [-0.2, 0) is 0 Å². The summed E-state index contributed by atoms with van der Waals surface area (Å²) in [5.74, 6) is 0. The Morgan fingerprint density at radius 3 is 1.26 bits per heavy atom. The van der Waals surface area contributed by atoms with Gasteiger partial charge in [0.2, 0.25) is 0 Å². The maximum atomic E-state index is 3.84. The standard InChI is InChI=1S/C25H49N.BrH/c1-4-7-8-9-10-11-12-13-14-15-16-17-18-19-20-21-24-26-25(22-5-2)23-6-3;/h5-6,25-26H,2-4,7-24H2,1H3;1H. The Morgan fingerprint density at radius 1 is 0.593 bits per heavy atom. The van der Waals surface area contributed by atoms with Gasteiger partial charge in [-0.2, -0.15) is 0 Å². The maximum Gasteiger partial charge on any atom is 0.0136 e. The molecule has 0 aliphatic rings. The molecule has 0 aliphatic heterocycles. The van der Waals surface area contributed by atoms with Crippen molar-refractivity contribution in [1.82, 2.24) is 5.32 Å². The van der Waals surface area contributed by atoms with E-state index in [1.54, 1.807) is 0 Å². The largest absolute Gasteiger partial charge is 0.313 e. The van der Waals surface area contributed by atoms with Crippen molar-refractivity contribution in [2.24, 2.45) is 0 Å². The summed E-state index contributed by atoms with van der Waals surface area (Å²) in [6, 6.07) is 0.543. The molecule has 2 heteroatoms. The molecule has 0 fully saturated rings. The Kier molecular flexibility index (Phi) is 28.0. The Balaban J connectivity index is 0. The van der Waals surface area contributed by atoms with Gasteiger partial charge in [0.1, 0.15) is 0 Å². The lowest BCUT2D eigenvalue weighted by Crippen LogP contribution is -2.28. The van der Waals surface area contributed by atoms with Crippen LogP contribution in [0.4, 0.5) is 0 Å². The predicted molar refractivity (Wildman–Crippen MR) is 131 cm³/mol. The van der Waals surface area contributed by atoms with E-state index in [4.69, 9.17) is 0 Å². The number of hydrogen-bond donors (Lipinski definition) is 1. The zero-order valence-corrected chi connectivity index (χ0v) is 20.2. The number of hydrogen-bond acceptors (Lipinski definition) is 1. The summed E-state index contributed by atoms with van der Waals surface area (Å²) in [6.07, 6.45) is 29.1. The fourth-order valence-corrected chi connectivity index (χ4v) is 3.64. The van der Waals surface area contributed by atoms with Crippen molar-refractivity contribution in [1.29, 1.82) is 0 Å². The Bertz CT molecular complexity index is 280. The van der Waals surface area contributed by atoms with Gasteiger partial charge in [0.25, 0.3) is 0 Å². The van der Waals surface area contributed by atoms with Gasteiger partial charge in [0.05, 0.1) is 0 Å². The molecule has 0 aliphatic carbocycles. The zero-order chi connectivity index (χ0) is 19.1. The molecular weight excluding hydrogens is 394 g/mol. The van der Waals surface area contributed by atoms with Gasteiger partial charge >= 0.3 is 0 Å². The lowest BCUT2D eigenvalue weighted by molar-refractivity contribution is 0.490. The Morgan fingerprint density at radius 2 is 0.926 bits per heavy atom. The lowest BCUT2D eigenvalue weighted by atomic mass is 10.0. The van der Waals surface area contributed by atoms with E-state index in [-0.39, 0.29) is 17.0 Å². The topological polar surface area (TPSA) is 12.0 Å². The van der Waals surface area contributed by atoms with Gasteiger partial charge in [-0.1, -0.05) is 115 Å². The first kappa shape index (κ1) is 29.1. The molecule has 0 heterocycles. The fraction of sp³-hybridized carbons (Fsp3) is 0.840. The molecular formula is C25H50BrN. The van der Waals surface area contributed by atoms with Crippen molar-refractivity contribution >= 4 is 17.0 Å². The highest BCUT2D eigenvalue weighted by atomic mass is 79.9. The predicted octanol–water partition coefficient (Wildman–Crippen LogP) is 8.94. The molecule has 0 amide bonds. The summed E-state index contributed by atoms with van der Waals surface area (Å²) < 4.78 is 0. The van der Waals surface area contributed by atoms with Gasteiger partial charge in [-0.25, -0.2) is 0 Å². The third-order valence-electron chi connectivity index (χ3n) is 5.37. The van der Waals surface area contributed by atoms with Crippen molar-refractivity contribution in [3.05, 3.63) is 25.3 Å². The fourth-order valence-electron chi connectivity index (χ4n) is 3.64. The molecule has 0 aromatic carbocycles. The van der Waals surface area contributed by atoms with Gasteiger partial charge < -0.3 is 5.32 Å². The summed E-state index contributed by atoms with van der Waals surface area (Å²) >= 11 is 0. The van der Waals surface area contributed by atoms with Crippen LogP contribution < -0.4 is 5.32 Å². The van der Waals surface area contributed by atoms with E-state index >= 15 is 0 Å². The van der Waals surface area contributed by atoms with Crippen molar-refractivity contribution < 1.29 is 0 Å². The molecule has 0 saturated heterocycles. The summed E-state index contributed by atoms with van der Waals surface area (Å²) in [5.41, 5.74) is 0. The van der Waals surface area contributed by atoms with E-state index in [0.717, 1.165) is 19.4 Å². The van der Waals surface area contributed by atoms with Crippen molar-refractivity contribution in [2.45, 2.75) is 129 Å². The minimum atomic E-state index is 0. The summed E-state index contributed by atoms with van der Waals surface area (Å²) in [7, 11) is 0. The summed E-state index contributed by atoms with van der Waals surface area (Å²) in [4.78, 5) is 0. The average Bonchev–Trinajstić information content (AvgIpc) is 2.64. The maximum absolute atomic E-state index is 3.84. The van der Waals surface area contributed by atoms with Crippen LogP contribution in [0.5, 0.6) is 0 Å². The van der Waals surface area contributed by atoms with Crippen LogP contribution in [0.1, 0.15) is 122 Å². The molecule has 0 saturated carbocycles. The van der Waals surface area contributed by atoms with Gasteiger partial charge in [-0.15, -0.1) is 30.1 Å². The Hall–Kier alpha value is -0.0800. The molecule has 27 heavy (non-hydrogen) atoms. The monoisotopic (exact) mass is 443 g/mol. The normalized spacial score (nSPS) is 10.7. The van der Waals surface area contributed by atoms with Crippen molar-refractivity contribution in [3.63, 3.8) is 0 Å². The van der Waals surface area contributed by atoms with Crippen LogP contribution in [0, 0.1) is 0 Å². The van der Waals surface area contributed by atoms with E-state index in [0.29, 0.717) is 6.04 Å². The SMILES string of the molecule is Br.C=CCC(CC=C)NCCCCCCCCCCCCCCCCCC. The van der Waals surface area contributed by atoms with Crippen LogP contribution in [0.3, 0.4) is 0 Å². The second-order valence-corrected chi connectivity index (χ2v) is 8.00. The minimum absolute atomic E-state index is 0. The van der Waals surface area contributed by atoms with Crippen LogP contribution in [0.15, 0.2) is 25.3 Å². The summed E-state index contributed by atoms with van der Waals surface area (Å²) in [6.45, 7) is 11.1. The molecule has 0 unspecified atom stereocenters. The van der Waals surface area contributed by atoms with E-state index in [2.05, 4.69) is 25.4 Å². The lowest BCUT2D eigenvalue weighted by Gasteiger charge is -2.15. The van der Waals surface area contributed by atoms with Crippen molar-refractivity contribution in [3.8, 4) is 0 Å². The average molecular weight is 445 g/mol.